The van der Waals surface area contributed by atoms with Gasteiger partial charge in [-0.1, -0.05) is 13.3 Å². The van der Waals surface area contributed by atoms with Crippen molar-refractivity contribution in [2.24, 2.45) is 10.8 Å². The zero-order chi connectivity index (χ0) is 14.2. The molecule has 1 aromatic rings. The highest BCUT2D eigenvalue weighted by atomic mass is 16.5. The molecule has 6 heteroatoms. The summed E-state index contributed by atoms with van der Waals surface area (Å²) in [6.07, 6.45) is 3.03. The molecular formula is C14H22N4O2. The predicted molar refractivity (Wildman–Crippen MR) is 80.2 cm³/mol. The van der Waals surface area contributed by atoms with Crippen molar-refractivity contribution in [1.29, 1.82) is 0 Å². The first-order valence-electron chi connectivity index (χ1n) is 7.01. The summed E-state index contributed by atoms with van der Waals surface area (Å²) in [4.78, 5) is 4.36. The summed E-state index contributed by atoms with van der Waals surface area (Å²) in [5.41, 5.74) is 3.43. The van der Waals surface area contributed by atoms with Crippen molar-refractivity contribution in [1.82, 2.24) is 5.43 Å². The van der Waals surface area contributed by atoms with E-state index >= 15 is 0 Å². The van der Waals surface area contributed by atoms with Crippen molar-refractivity contribution in [3.05, 3.63) is 18.2 Å². The standard InChI is InChI=1S/C14H22N4O2/c1-2-3-7-16-14(18-15)17-11-5-6-12-13(10-11)20-9-4-8-19-12/h5-6,10H,2-4,7-9,15H2,1H3,(H2,16,17,18). The average molecular weight is 278 g/mol. The Morgan fingerprint density at radius 3 is 2.85 bits per heavy atom. The van der Waals surface area contributed by atoms with Crippen LogP contribution in [0.15, 0.2) is 23.2 Å². The van der Waals surface area contributed by atoms with Crippen LogP contribution in [0.4, 0.5) is 5.69 Å². The van der Waals surface area contributed by atoms with Crippen molar-refractivity contribution in [2.45, 2.75) is 26.2 Å². The molecule has 2 rings (SSSR count). The molecule has 0 aromatic heterocycles. The summed E-state index contributed by atoms with van der Waals surface area (Å²) in [6.45, 7) is 4.23. The van der Waals surface area contributed by atoms with Crippen molar-refractivity contribution in [3.8, 4) is 11.5 Å². The monoisotopic (exact) mass is 278 g/mol. The lowest BCUT2D eigenvalue weighted by Gasteiger charge is -2.12. The number of ether oxygens (including phenoxy) is 2. The molecule has 0 radical (unpaired) electrons. The molecular weight excluding hydrogens is 256 g/mol. The van der Waals surface area contributed by atoms with E-state index < -0.39 is 0 Å². The lowest BCUT2D eigenvalue weighted by Crippen LogP contribution is -2.36. The van der Waals surface area contributed by atoms with Crippen molar-refractivity contribution in [2.75, 3.05) is 25.1 Å². The Morgan fingerprint density at radius 1 is 1.30 bits per heavy atom. The third-order valence-corrected chi connectivity index (χ3v) is 2.93. The Balaban J connectivity index is 2.05. The van der Waals surface area contributed by atoms with Crippen molar-refractivity contribution < 1.29 is 9.47 Å². The molecule has 0 saturated heterocycles. The summed E-state index contributed by atoms with van der Waals surface area (Å²) in [5, 5.41) is 3.14. The molecule has 1 aliphatic rings. The molecule has 0 fully saturated rings. The second kappa shape index (κ2) is 7.59. The molecule has 1 aliphatic heterocycles. The molecule has 20 heavy (non-hydrogen) atoms. The van der Waals surface area contributed by atoms with E-state index in [9.17, 15) is 0 Å². The fourth-order valence-electron chi connectivity index (χ4n) is 1.85. The number of nitrogens with two attached hydrogens (primary N) is 1. The molecule has 0 unspecified atom stereocenters. The Morgan fingerprint density at radius 2 is 2.10 bits per heavy atom. The van der Waals surface area contributed by atoms with Gasteiger partial charge in [-0.2, -0.15) is 0 Å². The van der Waals surface area contributed by atoms with Gasteiger partial charge in [0.25, 0.3) is 0 Å². The number of hydrogen-bond acceptors (Lipinski definition) is 4. The smallest absolute Gasteiger partial charge is 0.210 e. The maximum atomic E-state index is 5.65. The van der Waals surface area contributed by atoms with Crippen LogP contribution in [0.2, 0.25) is 0 Å². The first kappa shape index (κ1) is 14.5. The first-order valence-corrected chi connectivity index (χ1v) is 7.01. The highest BCUT2D eigenvalue weighted by Crippen LogP contribution is 2.32. The Kier molecular flexibility index (Phi) is 5.49. The third kappa shape index (κ3) is 4.03. The van der Waals surface area contributed by atoms with Crippen LogP contribution in [0.1, 0.15) is 26.2 Å². The minimum absolute atomic E-state index is 0.549. The second-order valence-electron chi connectivity index (χ2n) is 4.57. The molecule has 0 amide bonds. The van der Waals surface area contributed by atoms with Gasteiger partial charge in [-0.05, 0) is 18.6 Å². The van der Waals surface area contributed by atoms with Gasteiger partial charge in [0, 0.05) is 24.7 Å². The SMILES string of the molecule is CCCCN=C(NN)Nc1ccc2c(c1)OCCCO2. The number of benzene rings is 1. The van der Waals surface area contributed by atoms with Gasteiger partial charge in [0.05, 0.1) is 13.2 Å². The van der Waals surface area contributed by atoms with E-state index in [0.29, 0.717) is 19.2 Å². The molecule has 0 atom stereocenters. The number of hydrazine groups is 1. The van der Waals surface area contributed by atoms with Crippen LogP contribution < -0.4 is 26.1 Å². The van der Waals surface area contributed by atoms with Gasteiger partial charge in [0.2, 0.25) is 5.96 Å². The zero-order valence-corrected chi connectivity index (χ0v) is 11.8. The van der Waals surface area contributed by atoms with Gasteiger partial charge >= 0.3 is 0 Å². The fraction of sp³-hybridized carbons (Fsp3) is 0.500. The van der Waals surface area contributed by atoms with E-state index in [1.807, 2.05) is 18.2 Å². The van der Waals surface area contributed by atoms with Crippen molar-refractivity contribution >= 4 is 11.6 Å². The number of guanidine groups is 1. The van der Waals surface area contributed by atoms with Gasteiger partial charge in [-0.15, -0.1) is 0 Å². The van der Waals surface area contributed by atoms with E-state index in [1.54, 1.807) is 0 Å². The summed E-state index contributed by atoms with van der Waals surface area (Å²) in [5.74, 6) is 7.54. The Bertz CT molecular complexity index is 462. The van der Waals surface area contributed by atoms with Crippen LogP contribution in [0.25, 0.3) is 0 Å². The van der Waals surface area contributed by atoms with Crippen LogP contribution in [0.3, 0.4) is 0 Å². The topological polar surface area (TPSA) is 80.9 Å². The summed E-state index contributed by atoms with van der Waals surface area (Å²) in [7, 11) is 0. The number of unbranched alkanes of at least 4 members (excludes halogenated alkanes) is 1. The maximum Gasteiger partial charge on any atom is 0.210 e. The van der Waals surface area contributed by atoms with Gasteiger partial charge in [-0.3, -0.25) is 10.4 Å². The van der Waals surface area contributed by atoms with E-state index in [-0.39, 0.29) is 0 Å². The zero-order valence-electron chi connectivity index (χ0n) is 11.8. The number of anilines is 1. The van der Waals surface area contributed by atoms with Gasteiger partial charge in [0.1, 0.15) is 0 Å². The molecule has 6 nitrogen and oxygen atoms in total. The van der Waals surface area contributed by atoms with E-state index in [0.717, 1.165) is 43.0 Å². The average Bonchev–Trinajstić information content (AvgIpc) is 2.71. The van der Waals surface area contributed by atoms with Crippen LogP contribution in [0, 0.1) is 0 Å². The molecule has 0 bridgehead atoms. The second-order valence-corrected chi connectivity index (χ2v) is 4.57. The molecule has 0 aliphatic carbocycles. The predicted octanol–water partition coefficient (Wildman–Crippen LogP) is 1.88. The van der Waals surface area contributed by atoms with Crippen LogP contribution in [-0.4, -0.2) is 25.7 Å². The lowest BCUT2D eigenvalue weighted by atomic mass is 10.3. The molecule has 110 valence electrons. The number of hydrogen-bond donors (Lipinski definition) is 3. The van der Waals surface area contributed by atoms with E-state index in [2.05, 4.69) is 22.7 Å². The summed E-state index contributed by atoms with van der Waals surface area (Å²) < 4.78 is 11.2. The van der Waals surface area contributed by atoms with E-state index in [1.165, 1.54) is 0 Å². The summed E-state index contributed by atoms with van der Waals surface area (Å²) >= 11 is 0. The van der Waals surface area contributed by atoms with Gasteiger partial charge in [0.15, 0.2) is 11.5 Å². The minimum atomic E-state index is 0.549. The first-order chi connectivity index (χ1) is 9.83. The molecule has 1 aromatic carbocycles. The number of rotatable bonds is 4. The number of aliphatic imine (C=N–C) groups is 1. The van der Waals surface area contributed by atoms with Gasteiger partial charge in [-0.25, -0.2) is 5.84 Å². The van der Waals surface area contributed by atoms with Crippen molar-refractivity contribution in [3.63, 3.8) is 0 Å². The normalized spacial score (nSPS) is 14.6. The largest absolute Gasteiger partial charge is 0.490 e. The van der Waals surface area contributed by atoms with E-state index in [4.69, 9.17) is 15.3 Å². The highest BCUT2D eigenvalue weighted by molar-refractivity contribution is 5.93. The lowest BCUT2D eigenvalue weighted by molar-refractivity contribution is 0.297. The van der Waals surface area contributed by atoms with Gasteiger partial charge < -0.3 is 14.8 Å². The van der Waals surface area contributed by atoms with Crippen LogP contribution >= 0.6 is 0 Å². The summed E-state index contributed by atoms with van der Waals surface area (Å²) in [6, 6.07) is 5.71. The number of fused-ring (bicyclic) bond motifs is 1. The maximum absolute atomic E-state index is 5.65. The molecule has 0 saturated carbocycles. The Labute approximate surface area is 119 Å². The number of nitrogens with one attached hydrogen (secondary N) is 2. The molecule has 4 N–H and O–H groups in total. The highest BCUT2D eigenvalue weighted by Gasteiger charge is 2.11. The minimum Gasteiger partial charge on any atom is -0.490 e. The third-order valence-electron chi connectivity index (χ3n) is 2.93. The molecule has 1 heterocycles. The molecule has 0 spiro atoms. The fourth-order valence-corrected chi connectivity index (χ4v) is 1.85. The van der Waals surface area contributed by atoms with Crippen LogP contribution in [-0.2, 0) is 0 Å². The van der Waals surface area contributed by atoms with Crippen LogP contribution in [0.5, 0.6) is 11.5 Å². The quantitative estimate of drug-likeness (QED) is 0.257. The number of nitrogens with zero attached hydrogens (tertiary/aromatic N) is 1. The Hall–Kier alpha value is -1.95.